The highest BCUT2D eigenvalue weighted by Gasteiger charge is 2.28. The van der Waals surface area contributed by atoms with E-state index in [4.69, 9.17) is 4.99 Å². The molecule has 7 aromatic carbocycles. The number of fused-ring (bicyclic) bond motifs is 6. The van der Waals surface area contributed by atoms with Crippen molar-refractivity contribution in [2.24, 2.45) is 4.99 Å². The fourth-order valence-corrected chi connectivity index (χ4v) is 9.80. The summed E-state index contributed by atoms with van der Waals surface area (Å²) >= 11 is 3.74. The van der Waals surface area contributed by atoms with Crippen LogP contribution in [0.4, 0.5) is 0 Å². The highest BCUT2D eigenvalue weighted by molar-refractivity contribution is 7.26. The quantitative estimate of drug-likeness (QED) is 0.193. The van der Waals surface area contributed by atoms with Crippen LogP contribution in [0.15, 0.2) is 169 Å². The van der Waals surface area contributed by atoms with Crippen LogP contribution in [0.1, 0.15) is 35.2 Å². The van der Waals surface area contributed by atoms with Crippen LogP contribution in [0.3, 0.4) is 0 Å². The Morgan fingerprint density at radius 2 is 1.00 bits per heavy atom. The summed E-state index contributed by atoms with van der Waals surface area (Å²) in [6, 6.07) is 60.1. The molecule has 0 aliphatic carbocycles. The van der Waals surface area contributed by atoms with Crippen LogP contribution in [-0.2, 0) is 0 Å². The lowest BCUT2D eigenvalue weighted by molar-refractivity contribution is 0.491. The summed E-state index contributed by atoms with van der Waals surface area (Å²) in [6.07, 6.45) is 0.864. The molecule has 238 valence electrons. The molecule has 1 N–H and O–H groups in total. The summed E-state index contributed by atoms with van der Waals surface area (Å²) in [5, 5.41) is 9.20. The van der Waals surface area contributed by atoms with E-state index in [0.29, 0.717) is 0 Å². The number of aliphatic imine (C=N–C) groups is 1. The standard InChI is InChI=1S/C46H32N2S2/c1-3-11-29(12-4-1)40-28-41(48-46(47-40)30-13-5-2-6-14-30)34-22-19-31(32-20-23-44-38(26-32)35-15-7-9-17-42(35)49-44)25-37(34)33-21-24-45-39(27-33)36-16-8-10-18-43(36)50-45/h1-27,40-41H,28H2,(H,47,48). The van der Waals surface area contributed by atoms with Gasteiger partial charge in [0.2, 0.25) is 0 Å². The molecule has 4 heteroatoms. The molecule has 2 aromatic heterocycles. The number of rotatable bonds is 5. The van der Waals surface area contributed by atoms with Crippen molar-refractivity contribution in [3.63, 3.8) is 0 Å². The molecule has 0 fully saturated rings. The lowest BCUT2D eigenvalue weighted by Crippen LogP contribution is -2.35. The molecule has 0 bridgehead atoms. The minimum absolute atomic E-state index is 0.0442. The van der Waals surface area contributed by atoms with E-state index in [1.54, 1.807) is 0 Å². The molecule has 0 saturated heterocycles. The third-order valence-electron chi connectivity index (χ3n) is 10.1. The summed E-state index contributed by atoms with van der Waals surface area (Å²) in [5.41, 5.74) is 8.60. The third-order valence-corrected chi connectivity index (χ3v) is 12.4. The van der Waals surface area contributed by atoms with Crippen LogP contribution in [0.25, 0.3) is 62.6 Å². The van der Waals surface area contributed by atoms with Gasteiger partial charge in [0.25, 0.3) is 0 Å². The summed E-state index contributed by atoms with van der Waals surface area (Å²) in [7, 11) is 0. The monoisotopic (exact) mass is 676 g/mol. The van der Waals surface area contributed by atoms with Crippen LogP contribution in [0.5, 0.6) is 0 Å². The SMILES string of the molecule is c1ccc(C2=NC(c3ccccc3)CC(c3ccc(-c4ccc5sc6ccccc6c5c4)cc3-c3ccc4sc5ccccc5c4c3)N2)cc1. The van der Waals surface area contributed by atoms with Crippen molar-refractivity contribution in [1.82, 2.24) is 5.32 Å². The van der Waals surface area contributed by atoms with Gasteiger partial charge in [-0.2, -0.15) is 0 Å². The molecule has 2 unspecified atom stereocenters. The third kappa shape index (κ3) is 5.11. The van der Waals surface area contributed by atoms with E-state index in [-0.39, 0.29) is 12.1 Å². The largest absolute Gasteiger partial charge is 0.363 e. The van der Waals surface area contributed by atoms with Gasteiger partial charge >= 0.3 is 0 Å². The van der Waals surface area contributed by atoms with Gasteiger partial charge in [-0.15, -0.1) is 22.7 Å². The zero-order chi connectivity index (χ0) is 33.0. The second-order valence-corrected chi connectivity index (χ2v) is 15.3. The van der Waals surface area contributed by atoms with Gasteiger partial charge in [0.1, 0.15) is 5.84 Å². The van der Waals surface area contributed by atoms with Crippen molar-refractivity contribution in [3.05, 3.63) is 180 Å². The van der Waals surface area contributed by atoms with E-state index < -0.39 is 0 Å². The molecule has 0 spiro atoms. The lowest BCUT2D eigenvalue weighted by Gasteiger charge is -2.32. The first kappa shape index (κ1) is 29.4. The maximum absolute atomic E-state index is 5.29. The predicted octanol–water partition coefficient (Wildman–Crippen LogP) is 13.0. The Morgan fingerprint density at radius 1 is 0.460 bits per heavy atom. The molecular weight excluding hydrogens is 645 g/mol. The van der Waals surface area contributed by atoms with Gasteiger partial charge < -0.3 is 5.32 Å². The number of benzene rings is 7. The second-order valence-electron chi connectivity index (χ2n) is 13.1. The van der Waals surface area contributed by atoms with Gasteiger partial charge in [-0.05, 0) is 82.3 Å². The Hall–Kier alpha value is -5.55. The Bertz CT molecular complexity index is 2720. The van der Waals surface area contributed by atoms with Crippen molar-refractivity contribution < 1.29 is 0 Å². The van der Waals surface area contributed by atoms with Crippen molar-refractivity contribution in [2.75, 3.05) is 0 Å². The number of nitrogens with zero attached hydrogens (tertiary/aromatic N) is 1. The molecule has 1 aliphatic rings. The molecule has 2 atom stereocenters. The Morgan fingerprint density at radius 3 is 1.70 bits per heavy atom. The van der Waals surface area contributed by atoms with Crippen LogP contribution < -0.4 is 5.32 Å². The van der Waals surface area contributed by atoms with Crippen molar-refractivity contribution >= 4 is 68.9 Å². The van der Waals surface area contributed by atoms with Gasteiger partial charge in [-0.3, -0.25) is 4.99 Å². The van der Waals surface area contributed by atoms with Gasteiger partial charge in [0, 0.05) is 45.9 Å². The van der Waals surface area contributed by atoms with Crippen LogP contribution in [0.2, 0.25) is 0 Å². The first-order valence-corrected chi connectivity index (χ1v) is 18.8. The van der Waals surface area contributed by atoms with Crippen LogP contribution in [0, 0.1) is 0 Å². The maximum atomic E-state index is 5.29. The average Bonchev–Trinajstić information content (AvgIpc) is 3.76. The van der Waals surface area contributed by atoms with Crippen molar-refractivity contribution in [1.29, 1.82) is 0 Å². The van der Waals surface area contributed by atoms with Gasteiger partial charge in [-0.25, -0.2) is 0 Å². The van der Waals surface area contributed by atoms with E-state index in [2.05, 4.69) is 169 Å². The smallest absolute Gasteiger partial charge is 0.129 e. The van der Waals surface area contributed by atoms with E-state index in [0.717, 1.165) is 17.8 Å². The summed E-state index contributed by atoms with van der Waals surface area (Å²) in [6.45, 7) is 0. The molecule has 2 nitrogen and oxygen atoms in total. The van der Waals surface area contributed by atoms with Crippen molar-refractivity contribution in [3.8, 4) is 22.3 Å². The first-order chi connectivity index (χ1) is 24.7. The average molecular weight is 677 g/mol. The van der Waals surface area contributed by atoms with Gasteiger partial charge in [0.15, 0.2) is 0 Å². The normalized spacial score (nSPS) is 16.2. The highest BCUT2D eigenvalue weighted by atomic mass is 32.1. The number of thiophene rings is 2. The topological polar surface area (TPSA) is 24.4 Å². The number of hydrogen-bond donors (Lipinski definition) is 1. The highest BCUT2D eigenvalue weighted by Crippen LogP contribution is 2.43. The summed E-state index contributed by atoms with van der Waals surface area (Å²) < 4.78 is 5.31. The minimum Gasteiger partial charge on any atom is -0.363 e. The molecular formula is C46H32N2S2. The van der Waals surface area contributed by atoms with E-state index in [1.807, 2.05) is 22.7 Å². The Labute approximate surface area is 299 Å². The summed E-state index contributed by atoms with van der Waals surface area (Å²) in [5.74, 6) is 0.944. The number of amidine groups is 1. The fraction of sp³-hybridized carbons (Fsp3) is 0.0652. The van der Waals surface area contributed by atoms with Crippen LogP contribution >= 0.6 is 22.7 Å². The molecule has 50 heavy (non-hydrogen) atoms. The lowest BCUT2D eigenvalue weighted by atomic mass is 9.86. The molecule has 1 aliphatic heterocycles. The van der Waals surface area contributed by atoms with Gasteiger partial charge in [-0.1, -0.05) is 121 Å². The molecule has 0 saturated carbocycles. The molecule has 0 amide bonds. The summed E-state index contributed by atoms with van der Waals surface area (Å²) in [4.78, 5) is 5.29. The fourth-order valence-electron chi connectivity index (χ4n) is 7.63. The molecule has 3 heterocycles. The molecule has 10 rings (SSSR count). The van der Waals surface area contributed by atoms with Crippen LogP contribution in [-0.4, -0.2) is 5.84 Å². The minimum atomic E-state index is 0.0442. The number of nitrogens with one attached hydrogen (secondary N) is 1. The zero-order valence-electron chi connectivity index (χ0n) is 27.2. The maximum Gasteiger partial charge on any atom is 0.129 e. The second kappa shape index (κ2) is 12.1. The van der Waals surface area contributed by atoms with E-state index in [1.165, 1.54) is 73.7 Å². The number of hydrogen-bond acceptors (Lipinski definition) is 4. The Kier molecular flexibility index (Phi) is 7.11. The first-order valence-electron chi connectivity index (χ1n) is 17.2. The van der Waals surface area contributed by atoms with E-state index in [9.17, 15) is 0 Å². The van der Waals surface area contributed by atoms with E-state index >= 15 is 0 Å². The Balaban J connectivity index is 1.15. The zero-order valence-corrected chi connectivity index (χ0v) is 28.8. The molecule has 0 radical (unpaired) electrons. The van der Waals surface area contributed by atoms with Gasteiger partial charge in [0.05, 0.1) is 12.1 Å². The predicted molar refractivity (Wildman–Crippen MR) is 216 cm³/mol. The van der Waals surface area contributed by atoms with Crippen molar-refractivity contribution in [2.45, 2.75) is 18.5 Å². The molecule has 9 aromatic rings.